The molecular weight excluding hydrogens is 330 g/mol. The van der Waals surface area contributed by atoms with Crippen molar-refractivity contribution in [2.75, 3.05) is 27.2 Å². The van der Waals surface area contributed by atoms with Gasteiger partial charge < -0.3 is 9.80 Å². The maximum atomic E-state index is 13.1. The first-order valence-corrected chi connectivity index (χ1v) is 9.28. The number of nitrogens with zero attached hydrogens (tertiary/aromatic N) is 7. The van der Waals surface area contributed by atoms with Crippen LogP contribution in [0.3, 0.4) is 0 Å². The molecule has 1 amide bonds. The van der Waals surface area contributed by atoms with E-state index in [0.29, 0.717) is 24.7 Å². The lowest BCUT2D eigenvalue weighted by atomic mass is 10.1. The quantitative estimate of drug-likeness (QED) is 0.824. The van der Waals surface area contributed by atoms with E-state index in [0.717, 1.165) is 18.7 Å². The van der Waals surface area contributed by atoms with Gasteiger partial charge >= 0.3 is 0 Å². The monoisotopic (exact) mass is 355 g/mol. The SMILES string of the molecule is CN(C)[C@@H]1CN(C(=O)c2ccnc(C3CCCC3)n2)C[C@@H]1n1ccnn1. The molecule has 1 aliphatic carbocycles. The molecule has 3 heterocycles. The van der Waals surface area contributed by atoms with E-state index >= 15 is 0 Å². The molecular formula is C18H25N7O. The van der Waals surface area contributed by atoms with Crippen LogP contribution < -0.4 is 0 Å². The fourth-order valence-electron chi connectivity index (χ4n) is 4.13. The van der Waals surface area contributed by atoms with E-state index in [1.165, 1.54) is 12.8 Å². The summed E-state index contributed by atoms with van der Waals surface area (Å²) in [6.45, 7) is 1.26. The third-order valence-electron chi connectivity index (χ3n) is 5.60. The molecule has 0 radical (unpaired) electrons. The summed E-state index contributed by atoms with van der Waals surface area (Å²) in [5.74, 6) is 1.20. The van der Waals surface area contributed by atoms with Gasteiger partial charge in [0.25, 0.3) is 5.91 Å². The van der Waals surface area contributed by atoms with Crippen molar-refractivity contribution >= 4 is 5.91 Å². The summed E-state index contributed by atoms with van der Waals surface area (Å²) in [5.41, 5.74) is 0.499. The number of hydrogen-bond acceptors (Lipinski definition) is 6. The molecule has 2 fully saturated rings. The topological polar surface area (TPSA) is 80.0 Å². The molecule has 2 aliphatic rings. The predicted octanol–water partition coefficient (Wildman–Crippen LogP) is 1.35. The van der Waals surface area contributed by atoms with Crippen molar-refractivity contribution in [3.8, 4) is 0 Å². The standard InChI is InChI=1S/C18H25N7O/c1-23(2)15-11-24(12-16(15)25-10-9-20-22-25)18(26)14-7-8-19-17(21-14)13-5-3-4-6-13/h7-10,13,15-16H,3-6,11-12H2,1-2H3/t15-,16+/m1/s1. The first kappa shape index (κ1) is 17.1. The number of likely N-dealkylation sites (tertiary alicyclic amines) is 1. The summed E-state index contributed by atoms with van der Waals surface area (Å²) in [6.07, 6.45) is 9.96. The molecule has 0 unspecified atom stereocenters. The average Bonchev–Trinajstić information content (AvgIpc) is 3.42. The van der Waals surface area contributed by atoms with Gasteiger partial charge in [-0.1, -0.05) is 18.1 Å². The summed E-state index contributed by atoms with van der Waals surface area (Å²) in [7, 11) is 4.07. The van der Waals surface area contributed by atoms with Gasteiger partial charge in [0.15, 0.2) is 0 Å². The molecule has 8 nitrogen and oxygen atoms in total. The molecule has 0 aromatic carbocycles. The summed E-state index contributed by atoms with van der Waals surface area (Å²) in [5, 5.41) is 8.05. The number of rotatable bonds is 4. The van der Waals surface area contributed by atoms with Crippen molar-refractivity contribution in [2.24, 2.45) is 0 Å². The van der Waals surface area contributed by atoms with Crippen LogP contribution >= 0.6 is 0 Å². The van der Waals surface area contributed by atoms with Crippen LogP contribution in [0, 0.1) is 0 Å². The van der Waals surface area contributed by atoms with Gasteiger partial charge in [-0.3, -0.25) is 4.79 Å². The van der Waals surface area contributed by atoms with E-state index in [4.69, 9.17) is 0 Å². The second kappa shape index (κ2) is 7.11. The highest BCUT2D eigenvalue weighted by atomic mass is 16.2. The van der Waals surface area contributed by atoms with E-state index in [9.17, 15) is 4.79 Å². The average molecular weight is 355 g/mol. The van der Waals surface area contributed by atoms with Crippen LogP contribution in [0.15, 0.2) is 24.7 Å². The lowest BCUT2D eigenvalue weighted by Gasteiger charge is -2.24. The fourth-order valence-corrected chi connectivity index (χ4v) is 4.13. The van der Waals surface area contributed by atoms with Crippen molar-refractivity contribution in [1.29, 1.82) is 0 Å². The predicted molar refractivity (Wildman–Crippen MR) is 95.7 cm³/mol. The van der Waals surface area contributed by atoms with Crippen molar-refractivity contribution in [3.63, 3.8) is 0 Å². The zero-order valence-corrected chi connectivity index (χ0v) is 15.3. The minimum atomic E-state index is -0.0267. The molecule has 2 atom stereocenters. The first-order chi connectivity index (χ1) is 12.6. The summed E-state index contributed by atoms with van der Waals surface area (Å²) in [4.78, 5) is 26.1. The van der Waals surface area contributed by atoms with E-state index in [1.54, 1.807) is 18.5 Å². The lowest BCUT2D eigenvalue weighted by Crippen LogP contribution is -2.37. The van der Waals surface area contributed by atoms with Gasteiger partial charge in [0.05, 0.1) is 18.3 Å². The second-order valence-electron chi connectivity index (χ2n) is 7.47. The van der Waals surface area contributed by atoms with Crippen LogP contribution in [-0.4, -0.2) is 73.9 Å². The maximum Gasteiger partial charge on any atom is 0.272 e. The smallest absolute Gasteiger partial charge is 0.272 e. The molecule has 4 rings (SSSR count). The number of amides is 1. The molecule has 2 aromatic rings. The zero-order chi connectivity index (χ0) is 18.1. The van der Waals surface area contributed by atoms with Gasteiger partial charge in [-0.05, 0) is 33.0 Å². The first-order valence-electron chi connectivity index (χ1n) is 9.28. The Morgan fingerprint density at radius 3 is 2.69 bits per heavy atom. The largest absolute Gasteiger partial charge is 0.333 e. The highest BCUT2D eigenvalue weighted by Gasteiger charge is 2.39. The summed E-state index contributed by atoms with van der Waals surface area (Å²) < 4.78 is 1.85. The van der Waals surface area contributed by atoms with Gasteiger partial charge in [-0.2, -0.15) is 0 Å². The van der Waals surface area contributed by atoms with Crippen LogP contribution in [-0.2, 0) is 0 Å². The molecule has 0 N–H and O–H groups in total. The van der Waals surface area contributed by atoms with E-state index < -0.39 is 0 Å². The third-order valence-corrected chi connectivity index (χ3v) is 5.60. The molecule has 1 saturated heterocycles. The molecule has 26 heavy (non-hydrogen) atoms. The number of carbonyl (C=O) groups excluding carboxylic acids is 1. The molecule has 138 valence electrons. The van der Waals surface area contributed by atoms with Crippen LogP contribution in [0.4, 0.5) is 0 Å². The number of aromatic nitrogens is 5. The van der Waals surface area contributed by atoms with E-state index in [1.807, 2.05) is 29.9 Å². The van der Waals surface area contributed by atoms with Gasteiger partial charge in [-0.25, -0.2) is 14.6 Å². The Bertz CT molecular complexity index is 755. The van der Waals surface area contributed by atoms with Gasteiger partial charge in [0.1, 0.15) is 11.5 Å². The van der Waals surface area contributed by atoms with Gasteiger partial charge in [0.2, 0.25) is 0 Å². The summed E-state index contributed by atoms with van der Waals surface area (Å²) >= 11 is 0. The molecule has 8 heteroatoms. The van der Waals surface area contributed by atoms with Crippen molar-refractivity contribution < 1.29 is 4.79 Å². The number of hydrogen-bond donors (Lipinski definition) is 0. The normalized spacial score (nSPS) is 23.9. The number of likely N-dealkylation sites (N-methyl/N-ethyl adjacent to an activating group) is 1. The Kier molecular flexibility index (Phi) is 4.67. The minimum absolute atomic E-state index is 0.0267. The van der Waals surface area contributed by atoms with Gasteiger partial charge in [-0.15, -0.1) is 5.10 Å². The van der Waals surface area contributed by atoms with Gasteiger partial charge in [0, 0.05) is 31.4 Å². The van der Waals surface area contributed by atoms with Crippen LogP contribution in [0.25, 0.3) is 0 Å². The molecule has 0 spiro atoms. The maximum absolute atomic E-state index is 13.1. The Morgan fingerprint density at radius 1 is 1.19 bits per heavy atom. The summed E-state index contributed by atoms with van der Waals surface area (Å²) in [6, 6.07) is 2.01. The highest BCUT2D eigenvalue weighted by molar-refractivity contribution is 5.92. The molecule has 1 aliphatic heterocycles. The Hall–Kier alpha value is -2.35. The van der Waals surface area contributed by atoms with E-state index in [2.05, 4.69) is 25.2 Å². The van der Waals surface area contributed by atoms with Crippen LogP contribution in [0.2, 0.25) is 0 Å². The van der Waals surface area contributed by atoms with Crippen LogP contribution in [0.1, 0.15) is 54.0 Å². The Labute approximate surface area is 153 Å². The Balaban J connectivity index is 1.54. The Morgan fingerprint density at radius 2 is 2.00 bits per heavy atom. The van der Waals surface area contributed by atoms with Crippen molar-refractivity contribution in [1.82, 2.24) is 34.8 Å². The van der Waals surface area contributed by atoms with Crippen LogP contribution in [0.5, 0.6) is 0 Å². The minimum Gasteiger partial charge on any atom is -0.333 e. The fraction of sp³-hybridized carbons (Fsp3) is 0.611. The zero-order valence-electron chi connectivity index (χ0n) is 15.3. The molecule has 0 bridgehead atoms. The third kappa shape index (κ3) is 3.21. The van der Waals surface area contributed by atoms with E-state index in [-0.39, 0.29) is 18.0 Å². The highest BCUT2D eigenvalue weighted by Crippen LogP contribution is 2.32. The second-order valence-corrected chi connectivity index (χ2v) is 7.47. The molecule has 2 aromatic heterocycles. The number of carbonyl (C=O) groups is 1. The van der Waals surface area contributed by atoms with Crippen molar-refractivity contribution in [2.45, 2.75) is 43.7 Å². The lowest BCUT2D eigenvalue weighted by molar-refractivity contribution is 0.0774. The van der Waals surface area contributed by atoms with Crippen molar-refractivity contribution in [3.05, 3.63) is 36.2 Å². The molecule has 1 saturated carbocycles.